The SMILES string of the molecule is O=Cc1cc(C=CCCNC(=O)OCC2c3ccccc3-c3ccccc32)cc(C(F)(F)F)c1. The average Bonchev–Trinajstić information content (AvgIpc) is 3.15. The zero-order valence-electron chi connectivity index (χ0n) is 18.1. The topological polar surface area (TPSA) is 55.4 Å². The molecule has 1 amide bonds. The fourth-order valence-electron chi connectivity index (χ4n) is 4.13. The van der Waals surface area contributed by atoms with Crippen LogP contribution in [0.3, 0.4) is 0 Å². The Morgan fingerprint density at radius 1 is 0.941 bits per heavy atom. The number of hydrogen-bond donors (Lipinski definition) is 1. The van der Waals surface area contributed by atoms with E-state index in [-0.39, 0.29) is 30.2 Å². The molecule has 0 radical (unpaired) electrons. The van der Waals surface area contributed by atoms with E-state index in [4.69, 9.17) is 4.74 Å². The minimum absolute atomic E-state index is 0.0361. The molecule has 1 aliphatic rings. The summed E-state index contributed by atoms with van der Waals surface area (Å²) in [5, 5.41) is 2.65. The van der Waals surface area contributed by atoms with Crippen molar-refractivity contribution < 1.29 is 27.5 Å². The average molecular weight is 465 g/mol. The van der Waals surface area contributed by atoms with Crippen LogP contribution in [0.15, 0.2) is 72.8 Å². The zero-order chi connectivity index (χ0) is 24.1. The summed E-state index contributed by atoms with van der Waals surface area (Å²) in [6, 6.07) is 19.2. The van der Waals surface area contributed by atoms with E-state index in [0.717, 1.165) is 34.4 Å². The minimum atomic E-state index is -4.53. The number of fused-ring (bicyclic) bond motifs is 3. The first-order chi connectivity index (χ1) is 16.4. The van der Waals surface area contributed by atoms with Gasteiger partial charge in [0, 0.05) is 18.0 Å². The van der Waals surface area contributed by atoms with Crippen molar-refractivity contribution in [2.45, 2.75) is 18.5 Å². The van der Waals surface area contributed by atoms with Crippen LogP contribution in [0.1, 0.15) is 45.0 Å². The predicted octanol–water partition coefficient (Wildman–Crippen LogP) is 6.46. The fourth-order valence-corrected chi connectivity index (χ4v) is 4.13. The van der Waals surface area contributed by atoms with Gasteiger partial charge in [-0.15, -0.1) is 0 Å². The lowest BCUT2D eigenvalue weighted by atomic mass is 9.98. The number of aldehydes is 1. The van der Waals surface area contributed by atoms with E-state index in [1.54, 1.807) is 6.08 Å². The first-order valence-electron chi connectivity index (χ1n) is 10.8. The first-order valence-corrected chi connectivity index (χ1v) is 10.8. The summed E-state index contributed by atoms with van der Waals surface area (Å²) >= 11 is 0. The molecule has 0 saturated carbocycles. The number of alkyl carbamates (subject to hydrolysis) is 1. The largest absolute Gasteiger partial charge is 0.449 e. The number of halogens is 3. The highest BCUT2D eigenvalue weighted by atomic mass is 19.4. The van der Waals surface area contributed by atoms with E-state index in [1.165, 1.54) is 12.1 Å². The third-order valence-electron chi connectivity index (χ3n) is 5.68. The van der Waals surface area contributed by atoms with Crippen LogP contribution in [0, 0.1) is 0 Å². The van der Waals surface area contributed by atoms with Gasteiger partial charge in [-0.2, -0.15) is 13.2 Å². The molecule has 0 fully saturated rings. The van der Waals surface area contributed by atoms with Crippen LogP contribution in [-0.4, -0.2) is 25.5 Å². The number of benzene rings is 3. The van der Waals surface area contributed by atoms with Gasteiger partial charge in [-0.05, 0) is 52.4 Å². The van der Waals surface area contributed by atoms with Crippen LogP contribution in [0.5, 0.6) is 0 Å². The molecular weight excluding hydrogens is 443 g/mol. The second-order valence-corrected chi connectivity index (χ2v) is 7.95. The van der Waals surface area contributed by atoms with E-state index in [1.807, 2.05) is 36.4 Å². The number of alkyl halides is 3. The number of amides is 1. The second kappa shape index (κ2) is 9.95. The highest BCUT2D eigenvalue weighted by Gasteiger charge is 2.31. The maximum absolute atomic E-state index is 13.0. The van der Waals surface area contributed by atoms with Crippen molar-refractivity contribution in [2.75, 3.05) is 13.2 Å². The Morgan fingerprint density at radius 3 is 2.18 bits per heavy atom. The highest BCUT2D eigenvalue weighted by molar-refractivity contribution is 5.79. The summed E-state index contributed by atoms with van der Waals surface area (Å²) in [5.74, 6) is -0.0361. The van der Waals surface area contributed by atoms with E-state index in [0.29, 0.717) is 12.7 Å². The maximum atomic E-state index is 13.0. The molecule has 1 N–H and O–H groups in total. The Bertz CT molecular complexity index is 1190. The van der Waals surface area contributed by atoms with Crippen molar-refractivity contribution in [1.82, 2.24) is 5.32 Å². The number of carbonyl (C=O) groups is 2. The third-order valence-corrected chi connectivity index (χ3v) is 5.68. The van der Waals surface area contributed by atoms with Crippen LogP contribution < -0.4 is 5.32 Å². The van der Waals surface area contributed by atoms with E-state index in [2.05, 4.69) is 17.4 Å². The fraction of sp³-hybridized carbons (Fsp3) is 0.185. The molecule has 0 aromatic heterocycles. The molecule has 174 valence electrons. The molecule has 0 aliphatic heterocycles. The van der Waals surface area contributed by atoms with Gasteiger partial charge in [-0.25, -0.2) is 4.79 Å². The number of ether oxygens (including phenoxy) is 1. The Morgan fingerprint density at radius 2 is 1.56 bits per heavy atom. The van der Waals surface area contributed by atoms with Gasteiger partial charge in [0.1, 0.15) is 12.9 Å². The molecule has 1 aliphatic carbocycles. The molecule has 34 heavy (non-hydrogen) atoms. The molecule has 0 bridgehead atoms. The maximum Gasteiger partial charge on any atom is 0.416 e. The zero-order valence-corrected chi connectivity index (χ0v) is 18.1. The molecule has 3 aromatic carbocycles. The molecule has 4 nitrogen and oxygen atoms in total. The summed E-state index contributed by atoms with van der Waals surface area (Å²) in [4.78, 5) is 23.1. The van der Waals surface area contributed by atoms with Crippen molar-refractivity contribution in [1.29, 1.82) is 0 Å². The van der Waals surface area contributed by atoms with Gasteiger partial charge in [-0.3, -0.25) is 4.79 Å². The number of nitrogens with one attached hydrogen (secondary N) is 1. The highest BCUT2D eigenvalue weighted by Crippen LogP contribution is 2.44. The third kappa shape index (κ3) is 5.20. The van der Waals surface area contributed by atoms with Gasteiger partial charge in [-0.1, -0.05) is 60.7 Å². The second-order valence-electron chi connectivity index (χ2n) is 7.95. The molecule has 7 heteroatoms. The standard InChI is InChI=1S/C27H22F3NO3/c28-27(29,30)20-14-18(13-19(15-20)16-32)7-5-6-12-31-26(33)34-17-25-23-10-3-1-8-21(23)22-9-2-4-11-24(22)25/h1-5,7-11,13-16,25H,6,12,17H2,(H,31,33). The van der Waals surface area contributed by atoms with Gasteiger partial charge in [0.2, 0.25) is 0 Å². The van der Waals surface area contributed by atoms with Gasteiger partial charge in [0.05, 0.1) is 5.56 Å². The van der Waals surface area contributed by atoms with Crippen molar-refractivity contribution in [3.63, 3.8) is 0 Å². The lowest BCUT2D eigenvalue weighted by molar-refractivity contribution is -0.137. The Labute approximate surface area is 195 Å². The molecule has 4 rings (SSSR count). The summed E-state index contributed by atoms with van der Waals surface area (Å²) in [7, 11) is 0. The van der Waals surface area contributed by atoms with Crippen molar-refractivity contribution in [2.24, 2.45) is 0 Å². The first kappa shape index (κ1) is 23.3. The molecule has 3 aromatic rings. The number of carbonyl (C=O) groups excluding carboxylic acids is 2. The van der Waals surface area contributed by atoms with E-state index in [9.17, 15) is 22.8 Å². The van der Waals surface area contributed by atoms with Crippen molar-refractivity contribution in [3.05, 3.63) is 101 Å². The lowest BCUT2D eigenvalue weighted by Gasteiger charge is -2.14. The summed E-state index contributed by atoms with van der Waals surface area (Å²) in [6.07, 6.45) is -1.21. The summed E-state index contributed by atoms with van der Waals surface area (Å²) in [5.41, 5.74) is 3.86. The molecule has 0 saturated heterocycles. The molecule has 0 atom stereocenters. The van der Waals surface area contributed by atoms with Crippen LogP contribution in [0.2, 0.25) is 0 Å². The Kier molecular flexibility index (Phi) is 6.82. The van der Waals surface area contributed by atoms with E-state index >= 15 is 0 Å². The predicted molar refractivity (Wildman–Crippen MR) is 124 cm³/mol. The van der Waals surface area contributed by atoms with Gasteiger partial charge in [0.25, 0.3) is 0 Å². The lowest BCUT2D eigenvalue weighted by Crippen LogP contribution is -2.26. The van der Waals surface area contributed by atoms with Crippen LogP contribution in [0.25, 0.3) is 17.2 Å². The molecular formula is C27H22F3NO3. The van der Waals surface area contributed by atoms with Crippen LogP contribution in [-0.2, 0) is 10.9 Å². The van der Waals surface area contributed by atoms with Gasteiger partial charge in [0.15, 0.2) is 0 Å². The van der Waals surface area contributed by atoms with Gasteiger partial charge < -0.3 is 10.1 Å². The Balaban J connectivity index is 1.29. The Hall–Kier alpha value is -3.87. The summed E-state index contributed by atoms with van der Waals surface area (Å²) < 4.78 is 44.3. The van der Waals surface area contributed by atoms with Crippen molar-refractivity contribution in [3.8, 4) is 11.1 Å². The number of rotatable bonds is 7. The normalized spacial score (nSPS) is 12.9. The smallest absolute Gasteiger partial charge is 0.416 e. The molecule has 0 spiro atoms. The molecule has 0 unspecified atom stereocenters. The monoisotopic (exact) mass is 465 g/mol. The van der Waals surface area contributed by atoms with Crippen LogP contribution in [0.4, 0.5) is 18.0 Å². The van der Waals surface area contributed by atoms with Gasteiger partial charge >= 0.3 is 12.3 Å². The van der Waals surface area contributed by atoms with E-state index < -0.39 is 17.8 Å². The van der Waals surface area contributed by atoms with Crippen LogP contribution >= 0.6 is 0 Å². The summed E-state index contributed by atoms with van der Waals surface area (Å²) in [6.45, 7) is 0.459. The molecule has 0 heterocycles. The minimum Gasteiger partial charge on any atom is -0.449 e. The number of hydrogen-bond acceptors (Lipinski definition) is 3. The quantitative estimate of drug-likeness (QED) is 0.322. The van der Waals surface area contributed by atoms with Crippen molar-refractivity contribution >= 4 is 18.5 Å².